The highest BCUT2D eigenvalue weighted by Gasteiger charge is 2.10. The molecule has 0 aliphatic carbocycles. The van der Waals surface area contributed by atoms with Crippen LogP contribution in [0.15, 0.2) is 53.8 Å². The van der Waals surface area contributed by atoms with Gasteiger partial charge in [0.05, 0.1) is 25.0 Å². The molecule has 2 heterocycles. The molecule has 0 unspecified atom stereocenters. The number of aromatic nitrogens is 1. The van der Waals surface area contributed by atoms with Gasteiger partial charge in [-0.2, -0.15) is 0 Å². The molecule has 0 radical (unpaired) electrons. The molecule has 31 heavy (non-hydrogen) atoms. The number of guanidine groups is 1. The fourth-order valence-corrected chi connectivity index (χ4v) is 3.44. The van der Waals surface area contributed by atoms with Gasteiger partial charge in [-0.1, -0.05) is 30.7 Å². The summed E-state index contributed by atoms with van der Waals surface area (Å²) in [6.07, 6.45) is 7.28. The van der Waals surface area contributed by atoms with Crippen molar-refractivity contribution in [3.05, 3.63) is 59.9 Å². The molecule has 1 amide bonds. The minimum Gasteiger partial charge on any atom is -0.357 e. The highest BCUT2D eigenvalue weighted by atomic mass is 127. The van der Waals surface area contributed by atoms with Gasteiger partial charge >= 0.3 is 0 Å². The Labute approximate surface area is 202 Å². The molecule has 168 valence electrons. The molecule has 7 nitrogen and oxygen atoms in total. The summed E-state index contributed by atoms with van der Waals surface area (Å²) in [5.41, 5.74) is 3.17. The lowest BCUT2D eigenvalue weighted by molar-refractivity contribution is -0.115. The molecule has 2 aromatic rings. The van der Waals surface area contributed by atoms with Gasteiger partial charge < -0.3 is 16.0 Å². The van der Waals surface area contributed by atoms with Gasteiger partial charge in [-0.3, -0.25) is 14.7 Å². The summed E-state index contributed by atoms with van der Waals surface area (Å²) in [5, 5.41) is 9.06. The number of rotatable bonds is 8. The van der Waals surface area contributed by atoms with E-state index in [2.05, 4.69) is 55.1 Å². The molecule has 8 heteroatoms. The highest BCUT2D eigenvalue weighted by Crippen LogP contribution is 2.14. The minimum atomic E-state index is -0.143. The summed E-state index contributed by atoms with van der Waals surface area (Å²) in [4.78, 5) is 23.2. The van der Waals surface area contributed by atoms with Gasteiger partial charge in [0.1, 0.15) is 0 Å². The zero-order valence-corrected chi connectivity index (χ0v) is 20.5. The number of hydrogen-bond acceptors (Lipinski definition) is 4. The molecular weight excluding hydrogens is 503 g/mol. The van der Waals surface area contributed by atoms with E-state index in [0.717, 1.165) is 18.7 Å². The second kappa shape index (κ2) is 14.0. The molecule has 3 N–H and O–H groups in total. The number of likely N-dealkylation sites (tertiary alicyclic amines) is 1. The number of carbonyl (C=O) groups is 1. The van der Waals surface area contributed by atoms with Crippen LogP contribution in [0.5, 0.6) is 0 Å². The minimum absolute atomic E-state index is 0. The Kier molecular flexibility index (Phi) is 11.3. The lowest BCUT2D eigenvalue weighted by Gasteiger charge is -2.26. The van der Waals surface area contributed by atoms with E-state index in [9.17, 15) is 4.79 Å². The van der Waals surface area contributed by atoms with Crippen LogP contribution in [0, 0.1) is 0 Å². The van der Waals surface area contributed by atoms with Crippen LogP contribution in [0.2, 0.25) is 0 Å². The topological polar surface area (TPSA) is 81.7 Å². The predicted octanol–water partition coefficient (Wildman–Crippen LogP) is 3.38. The third-order valence-corrected chi connectivity index (χ3v) is 5.00. The first-order chi connectivity index (χ1) is 14.7. The Morgan fingerprint density at radius 3 is 2.48 bits per heavy atom. The summed E-state index contributed by atoms with van der Waals surface area (Å²) in [7, 11) is 0. The van der Waals surface area contributed by atoms with Crippen molar-refractivity contribution in [1.82, 2.24) is 20.5 Å². The smallest absolute Gasteiger partial charge is 0.243 e. The first kappa shape index (κ1) is 25.1. The number of amides is 1. The van der Waals surface area contributed by atoms with Crippen molar-refractivity contribution in [1.29, 1.82) is 0 Å². The third kappa shape index (κ3) is 9.22. The van der Waals surface area contributed by atoms with Crippen molar-refractivity contribution in [2.75, 3.05) is 31.5 Å². The summed E-state index contributed by atoms with van der Waals surface area (Å²) >= 11 is 0. The lowest BCUT2D eigenvalue weighted by atomic mass is 10.1. The van der Waals surface area contributed by atoms with Crippen molar-refractivity contribution in [2.45, 2.75) is 39.3 Å². The van der Waals surface area contributed by atoms with Crippen LogP contribution in [-0.4, -0.2) is 47.9 Å². The molecule has 0 atom stereocenters. The van der Waals surface area contributed by atoms with E-state index in [-0.39, 0.29) is 36.4 Å². The summed E-state index contributed by atoms with van der Waals surface area (Å²) in [5.74, 6) is 0.479. The lowest BCUT2D eigenvalue weighted by Crippen LogP contribution is -2.41. The quantitative estimate of drug-likeness (QED) is 0.274. The van der Waals surface area contributed by atoms with Crippen LogP contribution < -0.4 is 16.0 Å². The molecule has 0 saturated carbocycles. The average molecular weight is 536 g/mol. The summed E-state index contributed by atoms with van der Waals surface area (Å²) < 4.78 is 0. The Morgan fingerprint density at radius 1 is 1.06 bits per heavy atom. The molecule has 1 fully saturated rings. The highest BCUT2D eigenvalue weighted by molar-refractivity contribution is 14.0. The van der Waals surface area contributed by atoms with Crippen LogP contribution in [0.25, 0.3) is 0 Å². The van der Waals surface area contributed by atoms with Gasteiger partial charge in [0, 0.05) is 19.3 Å². The zero-order chi connectivity index (χ0) is 21.0. The van der Waals surface area contributed by atoms with Crippen molar-refractivity contribution < 1.29 is 4.79 Å². The largest absolute Gasteiger partial charge is 0.357 e. The molecular formula is C23H33IN6O. The maximum atomic E-state index is 12.1. The van der Waals surface area contributed by atoms with E-state index in [1.807, 2.05) is 6.92 Å². The average Bonchev–Trinajstić information content (AvgIpc) is 2.78. The molecule has 0 bridgehead atoms. The van der Waals surface area contributed by atoms with Crippen molar-refractivity contribution in [2.24, 2.45) is 4.99 Å². The fourth-order valence-electron chi connectivity index (χ4n) is 3.44. The summed E-state index contributed by atoms with van der Waals surface area (Å²) in [6.45, 7) is 6.86. The van der Waals surface area contributed by atoms with E-state index in [0.29, 0.717) is 18.2 Å². The second-order valence-corrected chi connectivity index (χ2v) is 7.49. The standard InChI is InChI=1S/C23H32N6O.HI/c1-2-25-23(27-17-22(30)28-21-7-6-12-24-16-21)26-15-19-8-10-20(11-9-19)18-29-13-4-3-5-14-29;/h6-12,16H,2-5,13-15,17-18H2,1H3,(H,28,30)(H2,25,26,27);1H. The number of halogens is 1. The van der Waals surface area contributed by atoms with Crippen LogP contribution in [0.4, 0.5) is 5.69 Å². The van der Waals surface area contributed by atoms with Gasteiger partial charge in [-0.05, 0) is 56.1 Å². The monoisotopic (exact) mass is 536 g/mol. The fraction of sp³-hybridized carbons (Fsp3) is 0.435. The SMILES string of the molecule is CCNC(=NCc1ccc(CN2CCCCC2)cc1)NCC(=O)Nc1cccnc1.I. The van der Waals surface area contributed by atoms with Crippen molar-refractivity contribution >= 4 is 41.5 Å². The maximum absolute atomic E-state index is 12.1. The van der Waals surface area contributed by atoms with E-state index >= 15 is 0 Å². The molecule has 1 saturated heterocycles. The van der Waals surface area contributed by atoms with Crippen LogP contribution in [-0.2, 0) is 17.9 Å². The Hall–Kier alpha value is -2.20. The molecule has 1 aliphatic rings. The Morgan fingerprint density at radius 2 is 1.81 bits per heavy atom. The Balaban J connectivity index is 0.00000341. The van der Waals surface area contributed by atoms with Crippen molar-refractivity contribution in [3.63, 3.8) is 0 Å². The van der Waals surface area contributed by atoms with Gasteiger partial charge in [-0.25, -0.2) is 4.99 Å². The number of aliphatic imine (C=N–C) groups is 1. The van der Waals surface area contributed by atoms with Crippen molar-refractivity contribution in [3.8, 4) is 0 Å². The predicted molar refractivity (Wildman–Crippen MR) is 137 cm³/mol. The maximum Gasteiger partial charge on any atom is 0.243 e. The normalized spacial score (nSPS) is 14.4. The molecule has 0 spiro atoms. The Bertz CT molecular complexity index is 807. The van der Waals surface area contributed by atoms with Gasteiger partial charge in [0.15, 0.2) is 5.96 Å². The second-order valence-electron chi connectivity index (χ2n) is 7.49. The number of nitrogens with zero attached hydrogens (tertiary/aromatic N) is 3. The third-order valence-electron chi connectivity index (χ3n) is 5.00. The van der Waals surface area contributed by atoms with E-state index in [1.54, 1.807) is 24.5 Å². The number of hydrogen-bond donors (Lipinski definition) is 3. The first-order valence-electron chi connectivity index (χ1n) is 10.7. The summed E-state index contributed by atoms with van der Waals surface area (Å²) in [6, 6.07) is 12.3. The van der Waals surface area contributed by atoms with Crippen LogP contribution in [0.3, 0.4) is 0 Å². The number of benzene rings is 1. The van der Waals surface area contributed by atoms with E-state index < -0.39 is 0 Å². The van der Waals surface area contributed by atoms with Crippen LogP contribution in [0.1, 0.15) is 37.3 Å². The van der Waals surface area contributed by atoms with E-state index in [1.165, 1.54) is 37.9 Å². The number of nitrogens with one attached hydrogen (secondary N) is 3. The van der Waals surface area contributed by atoms with E-state index in [4.69, 9.17) is 0 Å². The molecule has 1 aliphatic heterocycles. The number of pyridine rings is 1. The molecule has 1 aromatic carbocycles. The van der Waals surface area contributed by atoms with Gasteiger partial charge in [0.25, 0.3) is 0 Å². The molecule has 1 aromatic heterocycles. The van der Waals surface area contributed by atoms with Crippen LogP contribution >= 0.6 is 24.0 Å². The number of anilines is 1. The van der Waals surface area contributed by atoms with Gasteiger partial charge in [0.2, 0.25) is 5.91 Å². The number of carbonyl (C=O) groups excluding carboxylic acids is 1. The van der Waals surface area contributed by atoms with Gasteiger partial charge in [-0.15, -0.1) is 24.0 Å². The molecule has 3 rings (SSSR count). The first-order valence-corrected chi connectivity index (χ1v) is 10.7. The zero-order valence-electron chi connectivity index (χ0n) is 18.1. The number of piperidine rings is 1.